The molecular weight excluding hydrogens is 232 g/mol. The zero-order valence-electron chi connectivity index (χ0n) is 10.0. The van der Waals surface area contributed by atoms with E-state index in [9.17, 15) is 0 Å². The molecule has 0 N–H and O–H groups in total. The fraction of sp³-hybridized carbons (Fsp3) is 0.200. The molecule has 1 nitrogen and oxygen atoms in total. The predicted molar refractivity (Wildman–Crippen MR) is 72.0 cm³/mol. The zero-order chi connectivity index (χ0) is 12.3. The molecule has 0 heterocycles. The van der Waals surface area contributed by atoms with E-state index >= 15 is 0 Å². The van der Waals surface area contributed by atoms with Crippen molar-refractivity contribution in [3.8, 4) is 5.75 Å². The average molecular weight is 247 g/mol. The van der Waals surface area contributed by atoms with Crippen molar-refractivity contribution >= 4 is 11.6 Å². The molecule has 2 rings (SSSR count). The van der Waals surface area contributed by atoms with Crippen molar-refractivity contribution in [2.24, 2.45) is 0 Å². The van der Waals surface area contributed by atoms with Crippen LogP contribution in [-0.2, 0) is 6.42 Å². The van der Waals surface area contributed by atoms with Gasteiger partial charge in [-0.3, -0.25) is 0 Å². The Morgan fingerprint density at radius 1 is 1.12 bits per heavy atom. The third-order valence-corrected chi connectivity index (χ3v) is 3.14. The minimum atomic E-state index is 0.670. The fourth-order valence-corrected chi connectivity index (χ4v) is 2.12. The second-order valence-corrected chi connectivity index (χ2v) is 4.48. The van der Waals surface area contributed by atoms with E-state index < -0.39 is 0 Å². The molecule has 0 bridgehead atoms. The highest BCUT2D eigenvalue weighted by atomic mass is 35.5. The Morgan fingerprint density at radius 3 is 2.47 bits per heavy atom. The molecule has 2 heteroatoms. The van der Waals surface area contributed by atoms with Crippen molar-refractivity contribution in [1.29, 1.82) is 0 Å². The molecule has 0 spiro atoms. The molecule has 0 atom stereocenters. The summed E-state index contributed by atoms with van der Waals surface area (Å²) in [7, 11) is 1.64. The molecule has 0 aromatic heterocycles. The molecule has 0 aliphatic rings. The van der Waals surface area contributed by atoms with E-state index in [4.69, 9.17) is 16.3 Å². The standard InChI is InChI=1S/C15H15ClO/c1-11-8-15(17-2)14(16)10-13(11)9-12-6-4-3-5-7-12/h3-8,10H,9H2,1-2H3. The molecule has 2 aromatic rings. The van der Waals surface area contributed by atoms with E-state index in [-0.39, 0.29) is 0 Å². The number of hydrogen-bond donors (Lipinski definition) is 0. The Labute approximate surface area is 107 Å². The summed E-state index contributed by atoms with van der Waals surface area (Å²) in [5, 5.41) is 0.670. The Morgan fingerprint density at radius 2 is 1.82 bits per heavy atom. The van der Waals surface area contributed by atoms with Gasteiger partial charge in [-0.15, -0.1) is 0 Å². The topological polar surface area (TPSA) is 9.23 Å². The number of hydrogen-bond acceptors (Lipinski definition) is 1. The number of methoxy groups -OCH3 is 1. The lowest BCUT2D eigenvalue weighted by Gasteiger charge is -2.10. The Kier molecular flexibility index (Phi) is 3.70. The minimum absolute atomic E-state index is 0.670. The van der Waals surface area contributed by atoms with E-state index in [0.717, 1.165) is 12.2 Å². The summed E-state index contributed by atoms with van der Waals surface area (Å²) in [5.74, 6) is 0.737. The molecule has 0 unspecified atom stereocenters. The molecule has 0 aliphatic carbocycles. The molecule has 0 fully saturated rings. The van der Waals surface area contributed by atoms with Gasteiger partial charge < -0.3 is 4.74 Å². The Bertz CT molecular complexity index is 506. The molecule has 88 valence electrons. The average Bonchev–Trinajstić information content (AvgIpc) is 2.34. The Balaban J connectivity index is 2.31. The second kappa shape index (κ2) is 5.24. The first-order chi connectivity index (χ1) is 8.20. The third-order valence-electron chi connectivity index (χ3n) is 2.85. The molecular formula is C15H15ClO. The van der Waals surface area contributed by atoms with Crippen molar-refractivity contribution in [2.75, 3.05) is 7.11 Å². The smallest absolute Gasteiger partial charge is 0.137 e. The van der Waals surface area contributed by atoms with Gasteiger partial charge >= 0.3 is 0 Å². The maximum Gasteiger partial charge on any atom is 0.137 e. The summed E-state index contributed by atoms with van der Waals surface area (Å²) in [6, 6.07) is 14.3. The van der Waals surface area contributed by atoms with Crippen molar-refractivity contribution in [2.45, 2.75) is 13.3 Å². The van der Waals surface area contributed by atoms with Gasteiger partial charge in [-0.2, -0.15) is 0 Å². The lowest BCUT2D eigenvalue weighted by atomic mass is 10.0. The van der Waals surface area contributed by atoms with Crippen LogP contribution in [0.15, 0.2) is 42.5 Å². The summed E-state index contributed by atoms with van der Waals surface area (Å²) >= 11 is 6.14. The monoisotopic (exact) mass is 246 g/mol. The van der Waals surface area contributed by atoms with Crippen LogP contribution in [-0.4, -0.2) is 7.11 Å². The number of benzene rings is 2. The molecule has 17 heavy (non-hydrogen) atoms. The molecule has 2 aromatic carbocycles. The van der Waals surface area contributed by atoms with E-state index in [1.165, 1.54) is 16.7 Å². The van der Waals surface area contributed by atoms with Crippen LogP contribution >= 0.6 is 11.6 Å². The minimum Gasteiger partial charge on any atom is -0.495 e. The van der Waals surface area contributed by atoms with E-state index in [1.807, 2.05) is 18.2 Å². The van der Waals surface area contributed by atoms with Gasteiger partial charge in [-0.05, 0) is 42.2 Å². The summed E-state index contributed by atoms with van der Waals surface area (Å²) in [5.41, 5.74) is 3.73. The van der Waals surface area contributed by atoms with Crippen LogP contribution in [0.25, 0.3) is 0 Å². The van der Waals surface area contributed by atoms with Gasteiger partial charge in [0.25, 0.3) is 0 Å². The van der Waals surface area contributed by atoms with E-state index in [1.54, 1.807) is 7.11 Å². The highest BCUT2D eigenvalue weighted by Crippen LogP contribution is 2.28. The molecule has 0 aliphatic heterocycles. The van der Waals surface area contributed by atoms with Gasteiger partial charge in [-0.1, -0.05) is 41.9 Å². The number of ether oxygens (including phenoxy) is 1. The molecule has 0 radical (unpaired) electrons. The van der Waals surface area contributed by atoms with Crippen molar-refractivity contribution in [3.05, 3.63) is 64.2 Å². The number of halogens is 1. The summed E-state index contributed by atoms with van der Waals surface area (Å²) in [6.07, 6.45) is 0.899. The first kappa shape index (κ1) is 12.0. The van der Waals surface area contributed by atoms with Gasteiger partial charge in [0.2, 0.25) is 0 Å². The quantitative estimate of drug-likeness (QED) is 0.787. The van der Waals surface area contributed by atoms with Crippen LogP contribution in [0.4, 0.5) is 0 Å². The van der Waals surface area contributed by atoms with Crippen molar-refractivity contribution in [1.82, 2.24) is 0 Å². The van der Waals surface area contributed by atoms with Crippen molar-refractivity contribution < 1.29 is 4.74 Å². The lowest BCUT2D eigenvalue weighted by molar-refractivity contribution is 0.414. The molecule has 0 amide bonds. The van der Waals surface area contributed by atoms with Crippen LogP contribution in [0.3, 0.4) is 0 Å². The lowest BCUT2D eigenvalue weighted by Crippen LogP contribution is -1.94. The van der Waals surface area contributed by atoms with Gasteiger partial charge in [0.05, 0.1) is 12.1 Å². The largest absolute Gasteiger partial charge is 0.495 e. The summed E-state index contributed by atoms with van der Waals surface area (Å²) in [6.45, 7) is 2.08. The van der Waals surface area contributed by atoms with Crippen LogP contribution in [0, 0.1) is 6.92 Å². The van der Waals surface area contributed by atoms with Gasteiger partial charge in [0.1, 0.15) is 5.75 Å². The van der Waals surface area contributed by atoms with E-state index in [2.05, 4.69) is 31.2 Å². The van der Waals surface area contributed by atoms with Gasteiger partial charge in [0.15, 0.2) is 0 Å². The van der Waals surface area contributed by atoms with Gasteiger partial charge in [-0.25, -0.2) is 0 Å². The van der Waals surface area contributed by atoms with E-state index in [0.29, 0.717) is 5.02 Å². The third kappa shape index (κ3) is 2.80. The maximum absolute atomic E-state index is 6.14. The SMILES string of the molecule is COc1cc(C)c(Cc2ccccc2)cc1Cl. The zero-order valence-corrected chi connectivity index (χ0v) is 10.8. The highest BCUT2D eigenvalue weighted by molar-refractivity contribution is 6.32. The summed E-state index contributed by atoms with van der Waals surface area (Å²) in [4.78, 5) is 0. The van der Waals surface area contributed by atoms with Crippen LogP contribution in [0.2, 0.25) is 5.02 Å². The number of rotatable bonds is 3. The summed E-state index contributed by atoms with van der Waals surface area (Å²) < 4.78 is 5.20. The maximum atomic E-state index is 6.14. The molecule has 0 saturated heterocycles. The van der Waals surface area contributed by atoms with Crippen molar-refractivity contribution in [3.63, 3.8) is 0 Å². The first-order valence-electron chi connectivity index (χ1n) is 5.57. The van der Waals surface area contributed by atoms with Crippen LogP contribution in [0.5, 0.6) is 5.75 Å². The highest BCUT2D eigenvalue weighted by Gasteiger charge is 2.06. The Hall–Kier alpha value is -1.47. The molecule has 0 saturated carbocycles. The predicted octanol–water partition coefficient (Wildman–Crippen LogP) is 4.25. The number of aryl methyl sites for hydroxylation is 1. The second-order valence-electron chi connectivity index (χ2n) is 4.08. The fourth-order valence-electron chi connectivity index (χ4n) is 1.86. The van der Waals surface area contributed by atoms with Crippen LogP contribution < -0.4 is 4.74 Å². The normalized spacial score (nSPS) is 10.3. The van der Waals surface area contributed by atoms with Gasteiger partial charge in [0, 0.05) is 0 Å². The first-order valence-corrected chi connectivity index (χ1v) is 5.95. The van der Waals surface area contributed by atoms with Crippen LogP contribution in [0.1, 0.15) is 16.7 Å².